The topological polar surface area (TPSA) is 105 Å². The van der Waals surface area contributed by atoms with Crippen molar-refractivity contribution in [3.8, 4) is 0 Å². The average molecular weight is 330 g/mol. The Hall–Kier alpha value is -1.32. The summed E-state index contributed by atoms with van der Waals surface area (Å²) in [6.07, 6.45) is 0. The molecule has 1 aliphatic rings. The summed E-state index contributed by atoms with van der Waals surface area (Å²) in [6, 6.07) is 4.83. The Labute approximate surface area is 128 Å². The van der Waals surface area contributed by atoms with Crippen molar-refractivity contribution >= 4 is 33.3 Å². The molecule has 0 radical (unpaired) electrons. The summed E-state index contributed by atoms with van der Waals surface area (Å²) < 4.78 is 24.3. The maximum absolute atomic E-state index is 12.6. The molecule has 1 amide bonds. The van der Waals surface area contributed by atoms with Gasteiger partial charge in [-0.3, -0.25) is 4.79 Å². The third-order valence-electron chi connectivity index (χ3n) is 3.28. The van der Waals surface area contributed by atoms with E-state index in [0.29, 0.717) is 18.1 Å². The zero-order valence-electron chi connectivity index (χ0n) is 11.7. The van der Waals surface area contributed by atoms with Crippen LogP contribution < -0.4 is 11.3 Å². The van der Waals surface area contributed by atoms with E-state index in [4.69, 9.17) is 5.84 Å². The molecule has 2 heterocycles. The number of nitrogen functional groups attached to an aromatic ring is 1. The summed E-state index contributed by atoms with van der Waals surface area (Å²) in [7, 11) is -3.32. The minimum absolute atomic E-state index is 0.0137. The number of carbonyl (C=O) groups is 1. The third-order valence-corrected chi connectivity index (χ3v) is 6.57. The molecule has 1 fully saturated rings. The summed E-state index contributed by atoms with van der Waals surface area (Å²) in [5, 5.41) is -0.787. The van der Waals surface area contributed by atoms with E-state index in [1.165, 1.54) is 4.90 Å². The fourth-order valence-corrected chi connectivity index (χ4v) is 5.05. The van der Waals surface area contributed by atoms with Crippen LogP contribution in [0.3, 0.4) is 0 Å². The highest BCUT2D eigenvalue weighted by Crippen LogP contribution is 2.23. The lowest BCUT2D eigenvalue weighted by molar-refractivity contribution is 0.0743. The van der Waals surface area contributed by atoms with E-state index in [2.05, 4.69) is 10.4 Å². The molecule has 1 unspecified atom stereocenters. The molecule has 1 atom stereocenters. The summed E-state index contributed by atoms with van der Waals surface area (Å²) in [6.45, 7) is 1.99. The van der Waals surface area contributed by atoms with Crippen LogP contribution in [0.4, 0.5) is 5.82 Å². The Bertz CT molecular complexity index is 621. The molecule has 9 heteroatoms. The first-order chi connectivity index (χ1) is 9.99. The van der Waals surface area contributed by atoms with E-state index in [-0.39, 0.29) is 17.4 Å². The molecule has 1 aromatic rings. The molecule has 116 valence electrons. The first-order valence-electron chi connectivity index (χ1n) is 6.53. The number of nitrogens with zero attached hydrogens (tertiary/aromatic N) is 2. The highest BCUT2D eigenvalue weighted by atomic mass is 32.2. The number of hydrazine groups is 1. The van der Waals surface area contributed by atoms with Crippen molar-refractivity contribution in [1.82, 2.24) is 9.88 Å². The first kappa shape index (κ1) is 16.1. The van der Waals surface area contributed by atoms with Gasteiger partial charge in [0, 0.05) is 23.8 Å². The highest BCUT2D eigenvalue weighted by Gasteiger charge is 2.36. The standard InChI is InChI=1S/C12H18N4O3S2/c1-2-21(18,19)11-8-20-7-6-16(11)12(17)9-4-3-5-10(14-9)15-13/h3-5,11H,2,6-8,13H2,1H3,(H,14,15). The van der Waals surface area contributed by atoms with E-state index in [9.17, 15) is 13.2 Å². The third kappa shape index (κ3) is 3.47. The minimum atomic E-state index is -3.32. The molecule has 3 N–H and O–H groups in total. The number of anilines is 1. The number of thioether (sulfide) groups is 1. The van der Waals surface area contributed by atoms with Gasteiger partial charge in [-0.05, 0) is 12.1 Å². The van der Waals surface area contributed by atoms with Gasteiger partial charge < -0.3 is 10.3 Å². The molecule has 0 bridgehead atoms. The average Bonchev–Trinajstić information content (AvgIpc) is 2.54. The summed E-state index contributed by atoms with van der Waals surface area (Å²) in [5.41, 5.74) is 2.56. The second-order valence-corrected chi connectivity index (χ2v) is 8.13. The number of aromatic nitrogens is 1. The maximum Gasteiger partial charge on any atom is 0.273 e. The van der Waals surface area contributed by atoms with Crippen LogP contribution in [0.25, 0.3) is 0 Å². The monoisotopic (exact) mass is 330 g/mol. The van der Waals surface area contributed by atoms with Gasteiger partial charge in [0.15, 0.2) is 9.84 Å². The number of hydrogen-bond donors (Lipinski definition) is 2. The van der Waals surface area contributed by atoms with Crippen LogP contribution in [-0.4, -0.2) is 53.4 Å². The van der Waals surface area contributed by atoms with Crippen molar-refractivity contribution in [1.29, 1.82) is 0 Å². The van der Waals surface area contributed by atoms with E-state index >= 15 is 0 Å². The fraction of sp³-hybridized carbons (Fsp3) is 0.500. The summed E-state index contributed by atoms with van der Waals surface area (Å²) in [4.78, 5) is 18.0. The Morgan fingerprint density at radius 1 is 1.57 bits per heavy atom. The maximum atomic E-state index is 12.6. The van der Waals surface area contributed by atoms with Crippen molar-refractivity contribution < 1.29 is 13.2 Å². The highest BCUT2D eigenvalue weighted by molar-refractivity contribution is 8.01. The number of nitrogens with one attached hydrogen (secondary N) is 1. The lowest BCUT2D eigenvalue weighted by Gasteiger charge is -2.34. The number of pyridine rings is 1. The van der Waals surface area contributed by atoms with E-state index in [0.717, 1.165) is 5.75 Å². The molecule has 21 heavy (non-hydrogen) atoms. The zero-order chi connectivity index (χ0) is 15.5. The Morgan fingerprint density at radius 3 is 3.00 bits per heavy atom. The largest absolute Gasteiger partial charge is 0.319 e. The van der Waals surface area contributed by atoms with Crippen molar-refractivity contribution in [2.45, 2.75) is 12.3 Å². The van der Waals surface area contributed by atoms with Crippen molar-refractivity contribution in [3.63, 3.8) is 0 Å². The van der Waals surface area contributed by atoms with Gasteiger partial charge in [-0.1, -0.05) is 13.0 Å². The Balaban J connectivity index is 2.30. The van der Waals surface area contributed by atoms with Crippen LogP contribution in [0.15, 0.2) is 18.2 Å². The lowest BCUT2D eigenvalue weighted by atomic mass is 10.3. The van der Waals surface area contributed by atoms with E-state index < -0.39 is 15.2 Å². The second-order valence-electron chi connectivity index (χ2n) is 4.53. The number of carbonyl (C=O) groups excluding carboxylic acids is 1. The molecule has 0 aliphatic carbocycles. The van der Waals surface area contributed by atoms with Gasteiger partial charge >= 0.3 is 0 Å². The van der Waals surface area contributed by atoms with Crippen LogP contribution in [0.1, 0.15) is 17.4 Å². The van der Waals surface area contributed by atoms with Gasteiger partial charge in [0.05, 0.1) is 0 Å². The van der Waals surface area contributed by atoms with E-state index in [1.807, 2.05) is 0 Å². The van der Waals surface area contributed by atoms with Crippen LogP contribution >= 0.6 is 11.8 Å². The first-order valence-corrected chi connectivity index (χ1v) is 9.40. The minimum Gasteiger partial charge on any atom is -0.319 e. The molecular formula is C12H18N4O3S2. The van der Waals surface area contributed by atoms with Crippen LogP contribution in [0.2, 0.25) is 0 Å². The van der Waals surface area contributed by atoms with Gasteiger partial charge in [0.2, 0.25) is 0 Å². The number of nitrogens with two attached hydrogens (primary N) is 1. The van der Waals surface area contributed by atoms with Gasteiger partial charge in [-0.25, -0.2) is 19.2 Å². The van der Waals surface area contributed by atoms with E-state index in [1.54, 1.807) is 36.9 Å². The van der Waals surface area contributed by atoms with Crippen molar-refractivity contribution in [3.05, 3.63) is 23.9 Å². The summed E-state index contributed by atoms with van der Waals surface area (Å²) >= 11 is 1.54. The number of hydrogen-bond acceptors (Lipinski definition) is 7. The Kier molecular flexibility index (Phi) is 5.07. The fourth-order valence-electron chi connectivity index (χ4n) is 2.08. The van der Waals surface area contributed by atoms with Gasteiger partial charge in [-0.2, -0.15) is 11.8 Å². The molecule has 0 aromatic carbocycles. The molecule has 2 rings (SSSR count). The Morgan fingerprint density at radius 2 is 2.33 bits per heavy atom. The predicted molar refractivity (Wildman–Crippen MR) is 83.7 cm³/mol. The summed E-state index contributed by atoms with van der Waals surface area (Å²) in [5.74, 6) is 6.39. The number of sulfone groups is 1. The van der Waals surface area contributed by atoms with Gasteiger partial charge in [0.1, 0.15) is 16.9 Å². The molecule has 1 saturated heterocycles. The number of rotatable bonds is 4. The quantitative estimate of drug-likeness (QED) is 0.605. The molecule has 0 saturated carbocycles. The molecular weight excluding hydrogens is 312 g/mol. The van der Waals surface area contributed by atoms with Crippen LogP contribution in [0, 0.1) is 0 Å². The smallest absolute Gasteiger partial charge is 0.273 e. The van der Waals surface area contributed by atoms with Crippen molar-refractivity contribution in [2.24, 2.45) is 5.84 Å². The molecule has 1 aliphatic heterocycles. The number of amides is 1. The van der Waals surface area contributed by atoms with Crippen LogP contribution in [-0.2, 0) is 9.84 Å². The molecule has 1 aromatic heterocycles. The van der Waals surface area contributed by atoms with Crippen molar-refractivity contribution in [2.75, 3.05) is 29.2 Å². The molecule has 7 nitrogen and oxygen atoms in total. The second kappa shape index (κ2) is 6.63. The molecule has 0 spiro atoms. The van der Waals surface area contributed by atoms with Gasteiger partial charge in [0.25, 0.3) is 5.91 Å². The van der Waals surface area contributed by atoms with Crippen LogP contribution in [0.5, 0.6) is 0 Å². The predicted octanol–water partition coefficient (Wildman–Crippen LogP) is 0.317. The SMILES string of the molecule is CCS(=O)(=O)C1CSCCN1C(=O)c1cccc(NN)n1. The normalized spacial score (nSPS) is 19.3. The lowest BCUT2D eigenvalue weighted by Crippen LogP contribution is -2.50. The van der Waals surface area contributed by atoms with Gasteiger partial charge in [-0.15, -0.1) is 0 Å². The zero-order valence-corrected chi connectivity index (χ0v) is 13.3.